The molecular formula is C15H15BrN4O2. The normalized spacial score (nSPS) is 29.2. The van der Waals surface area contributed by atoms with Crippen molar-refractivity contribution in [1.82, 2.24) is 15.3 Å². The van der Waals surface area contributed by atoms with E-state index < -0.39 is 0 Å². The van der Waals surface area contributed by atoms with E-state index in [4.69, 9.17) is 4.42 Å². The fourth-order valence-corrected chi connectivity index (χ4v) is 3.56. The summed E-state index contributed by atoms with van der Waals surface area (Å²) >= 11 is 3.32. The number of aromatic nitrogens is 2. The first-order chi connectivity index (χ1) is 10.6. The first-order valence-electron chi connectivity index (χ1n) is 7.17. The highest BCUT2D eigenvalue weighted by atomic mass is 79.9. The van der Waals surface area contributed by atoms with E-state index in [1.54, 1.807) is 6.20 Å². The summed E-state index contributed by atoms with van der Waals surface area (Å²) in [5.74, 6) is 1.41. The molecule has 0 bridgehead atoms. The number of hydrogen-bond donors (Lipinski definition) is 2. The van der Waals surface area contributed by atoms with Crippen LogP contribution < -0.4 is 10.6 Å². The Labute approximate surface area is 135 Å². The standard InChI is InChI=1S/C15H15BrN4O2/c1-8-2-3-12(16)19-13(8)20-14(21)9-4-15(5-10(15)18-9)11-6-17-7-22-11/h2-3,6-7,9-10,18H,4-5H2,1H3,(H,19,20,21)/t9-,10+,15+/m0/s1. The lowest BCUT2D eigenvalue weighted by atomic mass is 9.97. The number of carbonyl (C=O) groups excluding carboxylic acids is 1. The van der Waals surface area contributed by atoms with Gasteiger partial charge in [-0.05, 0) is 47.3 Å². The number of rotatable bonds is 3. The number of fused-ring (bicyclic) bond motifs is 1. The molecule has 1 amide bonds. The highest BCUT2D eigenvalue weighted by Gasteiger charge is 2.64. The average molecular weight is 363 g/mol. The zero-order valence-electron chi connectivity index (χ0n) is 12.0. The fourth-order valence-electron chi connectivity index (χ4n) is 3.25. The summed E-state index contributed by atoms with van der Waals surface area (Å²) in [7, 11) is 0. The van der Waals surface area contributed by atoms with Gasteiger partial charge in [-0.3, -0.25) is 4.79 Å². The molecule has 2 aromatic heterocycles. The highest BCUT2D eigenvalue weighted by molar-refractivity contribution is 9.10. The molecule has 4 rings (SSSR count). The topological polar surface area (TPSA) is 80.1 Å². The van der Waals surface area contributed by atoms with E-state index in [0.717, 1.165) is 24.2 Å². The molecule has 7 heteroatoms. The molecule has 0 spiro atoms. The number of aryl methyl sites for hydroxylation is 1. The maximum absolute atomic E-state index is 12.5. The summed E-state index contributed by atoms with van der Waals surface area (Å²) in [5.41, 5.74) is 0.878. The van der Waals surface area contributed by atoms with E-state index in [0.29, 0.717) is 16.5 Å². The van der Waals surface area contributed by atoms with Crippen molar-refractivity contribution >= 4 is 27.7 Å². The zero-order valence-corrected chi connectivity index (χ0v) is 13.6. The van der Waals surface area contributed by atoms with E-state index >= 15 is 0 Å². The molecule has 3 atom stereocenters. The molecule has 2 fully saturated rings. The van der Waals surface area contributed by atoms with E-state index in [9.17, 15) is 4.79 Å². The van der Waals surface area contributed by atoms with Gasteiger partial charge in [0.25, 0.3) is 0 Å². The van der Waals surface area contributed by atoms with Crippen LogP contribution in [-0.4, -0.2) is 28.0 Å². The Kier molecular flexibility index (Phi) is 3.09. The number of nitrogens with one attached hydrogen (secondary N) is 2. The molecule has 1 aliphatic heterocycles. The van der Waals surface area contributed by atoms with E-state index in [1.807, 2.05) is 19.1 Å². The number of piperidine rings is 1. The molecule has 0 unspecified atom stereocenters. The molecule has 6 nitrogen and oxygen atoms in total. The number of pyridine rings is 1. The Hall–Kier alpha value is -1.73. The number of amides is 1. The van der Waals surface area contributed by atoms with Crippen LogP contribution in [0.25, 0.3) is 0 Å². The van der Waals surface area contributed by atoms with Crippen LogP contribution in [-0.2, 0) is 10.2 Å². The molecule has 2 aromatic rings. The minimum Gasteiger partial charge on any atom is -0.448 e. The van der Waals surface area contributed by atoms with Gasteiger partial charge < -0.3 is 15.1 Å². The first-order valence-corrected chi connectivity index (χ1v) is 7.97. The maximum atomic E-state index is 12.5. The summed E-state index contributed by atoms with van der Waals surface area (Å²) in [6.45, 7) is 1.92. The van der Waals surface area contributed by atoms with Gasteiger partial charge in [0.2, 0.25) is 5.91 Å². The molecule has 2 N–H and O–H groups in total. The molecule has 0 radical (unpaired) electrons. The Morgan fingerprint density at radius 1 is 1.50 bits per heavy atom. The Bertz CT molecular complexity index is 733. The number of carbonyl (C=O) groups is 1. The molecule has 0 aromatic carbocycles. The lowest BCUT2D eigenvalue weighted by molar-refractivity contribution is -0.118. The maximum Gasteiger partial charge on any atom is 0.242 e. The van der Waals surface area contributed by atoms with Crippen molar-refractivity contribution in [2.24, 2.45) is 0 Å². The molecule has 114 valence electrons. The van der Waals surface area contributed by atoms with Crippen LogP contribution in [0, 0.1) is 6.92 Å². The summed E-state index contributed by atoms with van der Waals surface area (Å²) in [6.07, 6.45) is 4.93. The summed E-state index contributed by atoms with van der Waals surface area (Å²) in [5, 5.41) is 6.28. The molecular weight excluding hydrogens is 348 g/mol. The number of nitrogens with zero attached hydrogens (tertiary/aromatic N) is 2. The Morgan fingerprint density at radius 2 is 2.36 bits per heavy atom. The van der Waals surface area contributed by atoms with Crippen molar-refractivity contribution in [2.45, 2.75) is 37.3 Å². The lowest BCUT2D eigenvalue weighted by Crippen LogP contribution is -2.38. The highest BCUT2D eigenvalue weighted by Crippen LogP contribution is 2.56. The van der Waals surface area contributed by atoms with Gasteiger partial charge in [0.1, 0.15) is 16.2 Å². The SMILES string of the molecule is Cc1ccc(Br)nc1NC(=O)[C@@H]1C[C@@]2(c3cnco3)C[C@H]2N1. The second-order valence-corrected chi connectivity index (χ2v) is 6.80. The van der Waals surface area contributed by atoms with Crippen molar-refractivity contribution in [1.29, 1.82) is 0 Å². The van der Waals surface area contributed by atoms with Crippen LogP contribution in [0.4, 0.5) is 5.82 Å². The molecule has 1 aliphatic carbocycles. The molecule has 2 aliphatic rings. The summed E-state index contributed by atoms with van der Waals surface area (Å²) < 4.78 is 6.14. The predicted molar refractivity (Wildman–Crippen MR) is 83.4 cm³/mol. The lowest BCUT2D eigenvalue weighted by Gasteiger charge is -2.15. The molecule has 1 saturated heterocycles. The van der Waals surface area contributed by atoms with Gasteiger partial charge in [-0.15, -0.1) is 0 Å². The average Bonchev–Trinajstić information content (AvgIpc) is 2.92. The van der Waals surface area contributed by atoms with Gasteiger partial charge in [0, 0.05) is 11.5 Å². The first kappa shape index (κ1) is 13.9. The van der Waals surface area contributed by atoms with Gasteiger partial charge in [0.15, 0.2) is 6.39 Å². The van der Waals surface area contributed by atoms with Crippen LogP contribution in [0.5, 0.6) is 0 Å². The largest absolute Gasteiger partial charge is 0.448 e. The summed E-state index contributed by atoms with van der Waals surface area (Å²) in [4.78, 5) is 20.8. The van der Waals surface area contributed by atoms with Gasteiger partial charge in [-0.2, -0.15) is 0 Å². The minimum absolute atomic E-state index is 0.0557. The van der Waals surface area contributed by atoms with Crippen molar-refractivity contribution < 1.29 is 9.21 Å². The van der Waals surface area contributed by atoms with Crippen LogP contribution in [0.15, 0.2) is 33.7 Å². The molecule has 22 heavy (non-hydrogen) atoms. The third-order valence-electron chi connectivity index (χ3n) is 4.59. The van der Waals surface area contributed by atoms with Gasteiger partial charge in [-0.1, -0.05) is 6.07 Å². The van der Waals surface area contributed by atoms with E-state index in [-0.39, 0.29) is 17.4 Å². The van der Waals surface area contributed by atoms with Crippen molar-refractivity contribution in [3.05, 3.63) is 40.7 Å². The predicted octanol–water partition coefficient (Wildman–Crippen LogP) is 2.15. The van der Waals surface area contributed by atoms with Crippen molar-refractivity contribution in [2.75, 3.05) is 5.32 Å². The molecule has 3 heterocycles. The monoisotopic (exact) mass is 362 g/mol. The number of anilines is 1. The number of oxazole rings is 1. The Morgan fingerprint density at radius 3 is 3.14 bits per heavy atom. The smallest absolute Gasteiger partial charge is 0.242 e. The quantitative estimate of drug-likeness (QED) is 0.817. The third kappa shape index (κ3) is 2.16. The second kappa shape index (κ2) is 4.89. The minimum atomic E-state index is -0.232. The van der Waals surface area contributed by atoms with Gasteiger partial charge in [0.05, 0.1) is 12.2 Å². The van der Waals surface area contributed by atoms with Crippen molar-refractivity contribution in [3.8, 4) is 0 Å². The van der Waals surface area contributed by atoms with Crippen LogP contribution in [0.3, 0.4) is 0 Å². The Balaban J connectivity index is 1.48. The van der Waals surface area contributed by atoms with Gasteiger partial charge >= 0.3 is 0 Å². The second-order valence-electron chi connectivity index (χ2n) is 5.99. The fraction of sp³-hybridized carbons (Fsp3) is 0.400. The van der Waals surface area contributed by atoms with Crippen LogP contribution in [0.1, 0.15) is 24.2 Å². The van der Waals surface area contributed by atoms with Crippen LogP contribution in [0.2, 0.25) is 0 Å². The van der Waals surface area contributed by atoms with E-state index in [2.05, 4.69) is 36.5 Å². The zero-order chi connectivity index (χ0) is 15.3. The third-order valence-corrected chi connectivity index (χ3v) is 5.03. The van der Waals surface area contributed by atoms with E-state index in [1.165, 1.54) is 6.39 Å². The molecule has 1 saturated carbocycles. The number of halogens is 1. The van der Waals surface area contributed by atoms with Crippen LogP contribution >= 0.6 is 15.9 Å². The van der Waals surface area contributed by atoms with Crippen molar-refractivity contribution in [3.63, 3.8) is 0 Å². The number of hydrogen-bond acceptors (Lipinski definition) is 5. The van der Waals surface area contributed by atoms with Gasteiger partial charge in [-0.25, -0.2) is 9.97 Å². The summed E-state index contributed by atoms with van der Waals surface area (Å²) in [6, 6.07) is 3.84.